The summed E-state index contributed by atoms with van der Waals surface area (Å²) in [5.74, 6) is -0.0887. The molecule has 5 heterocycles. The van der Waals surface area contributed by atoms with Crippen LogP contribution in [0, 0.1) is 6.92 Å². The van der Waals surface area contributed by atoms with Crippen LogP contribution in [-0.4, -0.2) is 66.1 Å². The van der Waals surface area contributed by atoms with Crippen LogP contribution in [0.5, 0.6) is 0 Å². The fraction of sp³-hybridized carbons (Fsp3) is 0.148. The third kappa shape index (κ3) is 4.34. The molecule has 1 aromatic carbocycles. The van der Waals surface area contributed by atoms with Gasteiger partial charge in [-0.2, -0.15) is 5.10 Å². The summed E-state index contributed by atoms with van der Waals surface area (Å²) >= 11 is 0. The highest BCUT2D eigenvalue weighted by molar-refractivity contribution is 5.99. The van der Waals surface area contributed by atoms with Crippen molar-refractivity contribution in [2.75, 3.05) is 26.0 Å². The number of imidazole rings is 1. The number of amides is 1. The van der Waals surface area contributed by atoms with Gasteiger partial charge in [0, 0.05) is 34.9 Å². The molecule has 0 saturated carbocycles. The molecule has 0 unspecified atom stereocenters. The van der Waals surface area contributed by atoms with Crippen LogP contribution in [0.25, 0.3) is 50.1 Å². The van der Waals surface area contributed by atoms with Crippen LogP contribution in [-0.2, 0) is 4.79 Å². The predicted molar refractivity (Wildman–Crippen MR) is 143 cm³/mol. The second-order valence-electron chi connectivity index (χ2n) is 9.28. The lowest BCUT2D eigenvalue weighted by Gasteiger charge is -2.11. The summed E-state index contributed by atoms with van der Waals surface area (Å²) in [7, 11) is 3.71. The molecule has 5 aromatic heterocycles. The molecule has 6 rings (SSSR count). The number of rotatable bonds is 6. The number of pyridine rings is 2. The van der Waals surface area contributed by atoms with Gasteiger partial charge in [-0.3, -0.25) is 14.9 Å². The van der Waals surface area contributed by atoms with E-state index in [1.807, 2.05) is 60.9 Å². The number of carbonyl (C=O) groups excluding carboxylic acids is 1. The van der Waals surface area contributed by atoms with E-state index in [-0.39, 0.29) is 5.91 Å². The van der Waals surface area contributed by atoms with Crippen molar-refractivity contribution in [2.45, 2.75) is 6.92 Å². The van der Waals surface area contributed by atoms with Crippen LogP contribution in [0.2, 0.25) is 0 Å². The minimum atomic E-state index is -0.0887. The van der Waals surface area contributed by atoms with E-state index in [0.29, 0.717) is 12.2 Å². The molecule has 3 N–H and O–H groups in total. The number of hydrogen-bond acceptors (Lipinski definition) is 6. The van der Waals surface area contributed by atoms with E-state index in [1.165, 1.54) is 0 Å². The van der Waals surface area contributed by atoms with Crippen molar-refractivity contribution in [3.05, 3.63) is 73.2 Å². The second-order valence-corrected chi connectivity index (χ2v) is 9.28. The van der Waals surface area contributed by atoms with E-state index in [9.17, 15) is 4.79 Å². The van der Waals surface area contributed by atoms with Crippen LogP contribution >= 0.6 is 0 Å². The average molecular weight is 492 g/mol. The zero-order chi connectivity index (χ0) is 25.5. The summed E-state index contributed by atoms with van der Waals surface area (Å²) < 4.78 is 2.00. The minimum absolute atomic E-state index is 0.0887. The SMILES string of the molecule is Cc1cn(-c2ccnc3[nH]c(-c4n[nH]c5ccc(-c6cncc(NC(=O)CN(C)C)c6)cc45)cc23)cn1. The lowest BCUT2D eigenvalue weighted by molar-refractivity contribution is -0.116. The van der Waals surface area contributed by atoms with Crippen molar-refractivity contribution in [2.24, 2.45) is 0 Å². The Morgan fingerprint density at radius 2 is 1.95 bits per heavy atom. The molecule has 0 fully saturated rings. The first kappa shape index (κ1) is 22.6. The van der Waals surface area contributed by atoms with Crippen molar-refractivity contribution >= 4 is 33.5 Å². The number of aromatic amines is 2. The molecule has 0 spiro atoms. The molecule has 6 aromatic rings. The molecule has 1 amide bonds. The molecule has 0 aliphatic heterocycles. The maximum atomic E-state index is 12.2. The van der Waals surface area contributed by atoms with Gasteiger partial charge < -0.3 is 19.8 Å². The summed E-state index contributed by atoms with van der Waals surface area (Å²) in [6.07, 6.45) is 9.01. The van der Waals surface area contributed by atoms with E-state index in [4.69, 9.17) is 0 Å². The smallest absolute Gasteiger partial charge is 0.238 e. The number of nitrogens with zero attached hydrogens (tertiary/aromatic N) is 6. The molecule has 10 nitrogen and oxygen atoms in total. The molecule has 0 atom stereocenters. The minimum Gasteiger partial charge on any atom is -0.338 e. The predicted octanol–water partition coefficient (Wildman–Crippen LogP) is 4.16. The van der Waals surface area contributed by atoms with Crippen molar-refractivity contribution in [3.63, 3.8) is 0 Å². The Kier molecular flexibility index (Phi) is 5.50. The van der Waals surface area contributed by atoms with Gasteiger partial charge in [-0.05, 0) is 56.9 Å². The van der Waals surface area contributed by atoms with Gasteiger partial charge in [-0.15, -0.1) is 0 Å². The molecular weight excluding hydrogens is 466 g/mol. The molecule has 0 saturated heterocycles. The zero-order valence-electron chi connectivity index (χ0n) is 20.6. The van der Waals surface area contributed by atoms with Gasteiger partial charge in [0.2, 0.25) is 5.91 Å². The number of aryl methyl sites for hydroxylation is 1. The first-order valence-corrected chi connectivity index (χ1v) is 11.8. The lowest BCUT2D eigenvalue weighted by atomic mass is 10.0. The number of H-pyrrole nitrogens is 2. The third-order valence-corrected chi connectivity index (χ3v) is 6.13. The maximum absolute atomic E-state index is 12.2. The van der Waals surface area contributed by atoms with Crippen molar-refractivity contribution < 1.29 is 4.79 Å². The summed E-state index contributed by atoms with van der Waals surface area (Å²) in [5.41, 5.74) is 7.80. The summed E-state index contributed by atoms with van der Waals surface area (Å²) in [4.78, 5) is 30.7. The third-order valence-electron chi connectivity index (χ3n) is 6.13. The highest BCUT2D eigenvalue weighted by atomic mass is 16.2. The molecule has 0 aliphatic carbocycles. The molecule has 37 heavy (non-hydrogen) atoms. The van der Waals surface area contributed by atoms with Crippen LogP contribution < -0.4 is 5.32 Å². The Hall–Kier alpha value is -4.83. The van der Waals surface area contributed by atoms with Gasteiger partial charge in [0.05, 0.1) is 47.3 Å². The first-order valence-electron chi connectivity index (χ1n) is 11.8. The van der Waals surface area contributed by atoms with Crippen LogP contribution in [0.1, 0.15) is 5.69 Å². The van der Waals surface area contributed by atoms with Crippen molar-refractivity contribution in [3.8, 4) is 28.2 Å². The van der Waals surface area contributed by atoms with Gasteiger partial charge >= 0.3 is 0 Å². The zero-order valence-corrected chi connectivity index (χ0v) is 20.6. The fourth-order valence-electron chi connectivity index (χ4n) is 4.47. The monoisotopic (exact) mass is 491 g/mol. The van der Waals surface area contributed by atoms with Gasteiger partial charge in [-0.25, -0.2) is 9.97 Å². The standard InChI is InChI=1S/C27H25N9O/c1-16-13-36(15-30-16)24-6-7-29-27-21(24)10-23(32-27)26-20-9-17(4-5-22(20)33-34-26)18-8-19(12-28-11-18)31-25(37)14-35(2)3/h4-13,15H,14H2,1-3H3,(H,29,32)(H,31,37)(H,33,34). The van der Waals surface area contributed by atoms with E-state index in [1.54, 1.807) is 24.9 Å². The van der Waals surface area contributed by atoms with E-state index in [0.717, 1.165) is 55.8 Å². The van der Waals surface area contributed by atoms with Crippen molar-refractivity contribution in [1.82, 2.24) is 39.6 Å². The average Bonchev–Trinajstić information content (AvgIpc) is 3.60. The molecule has 0 aliphatic rings. The number of nitrogens with one attached hydrogen (secondary N) is 3. The first-order chi connectivity index (χ1) is 17.9. The topological polar surface area (TPSA) is 120 Å². The van der Waals surface area contributed by atoms with E-state index >= 15 is 0 Å². The molecular formula is C27H25N9O. The Morgan fingerprint density at radius 3 is 2.76 bits per heavy atom. The number of benzene rings is 1. The Morgan fingerprint density at radius 1 is 1.05 bits per heavy atom. The number of likely N-dealkylation sites (N-methyl/N-ethyl adjacent to an activating group) is 1. The van der Waals surface area contributed by atoms with E-state index in [2.05, 4.69) is 47.6 Å². The Bertz CT molecular complexity index is 1760. The Labute approximate surface area is 212 Å². The lowest BCUT2D eigenvalue weighted by Crippen LogP contribution is -2.27. The molecule has 184 valence electrons. The van der Waals surface area contributed by atoms with Crippen LogP contribution in [0.4, 0.5) is 5.69 Å². The number of anilines is 1. The number of carbonyl (C=O) groups is 1. The number of fused-ring (bicyclic) bond motifs is 2. The fourth-order valence-corrected chi connectivity index (χ4v) is 4.47. The number of hydrogen-bond donors (Lipinski definition) is 3. The van der Waals surface area contributed by atoms with E-state index < -0.39 is 0 Å². The second kappa shape index (κ2) is 8.99. The van der Waals surface area contributed by atoms with Gasteiger partial charge in [0.15, 0.2) is 0 Å². The molecule has 0 radical (unpaired) electrons. The summed E-state index contributed by atoms with van der Waals surface area (Å²) in [5, 5.41) is 12.6. The van der Waals surface area contributed by atoms with Crippen LogP contribution in [0.15, 0.2) is 67.5 Å². The maximum Gasteiger partial charge on any atom is 0.238 e. The normalized spacial score (nSPS) is 11.6. The van der Waals surface area contributed by atoms with Gasteiger partial charge in [-0.1, -0.05) is 6.07 Å². The highest BCUT2D eigenvalue weighted by Crippen LogP contribution is 2.33. The molecule has 0 bridgehead atoms. The summed E-state index contributed by atoms with van der Waals surface area (Å²) in [6.45, 7) is 2.27. The molecule has 10 heteroatoms. The quantitative estimate of drug-likeness (QED) is 0.322. The summed E-state index contributed by atoms with van der Waals surface area (Å²) in [6, 6.07) is 12.1. The Balaban J connectivity index is 1.38. The van der Waals surface area contributed by atoms with Crippen LogP contribution in [0.3, 0.4) is 0 Å². The number of aromatic nitrogens is 7. The highest BCUT2D eigenvalue weighted by Gasteiger charge is 2.15. The largest absolute Gasteiger partial charge is 0.338 e. The van der Waals surface area contributed by atoms with Gasteiger partial charge in [0.1, 0.15) is 11.3 Å². The van der Waals surface area contributed by atoms with Gasteiger partial charge in [0.25, 0.3) is 0 Å². The van der Waals surface area contributed by atoms with Crippen molar-refractivity contribution in [1.29, 1.82) is 0 Å².